The number of piperazine rings is 1. The molecule has 0 N–H and O–H groups in total. The number of hydrogen-bond donors (Lipinski definition) is 0. The van der Waals surface area contributed by atoms with Crippen LogP contribution in [0.5, 0.6) is 0 Å². The van der Waals surface area contributed by atoms with Crippen molar-refractivity contribution < 1.29 is 4.79 Å². The first-order chi connectivity index (χ1) is 7.43. The summed E-state index contributed by atoms with van der Waals surface area (Å²) >= 11 is 0. The highest BCUT2D eigenvalue weighted by atomic mass is 16.2. The number of amides is 1. The van der Waals surface area contributed by atoms with Crippen molar-refractivity contribution in [3.63, 3.8) is 0 Å². The molecule has 0 bridgehead atoms. The van der Waals surface area contributed by atoms with Crippen LogP contribution in [-0.4, -0.2) is 74.0 Å². The van der Waals surface area contributed by atoms with Crippen LogP contribution in [-0.2, 0) is 4.79 Å². The van der Waals surface area contributed by atoms with E-state index in [9.17, 15) is 4.79 Å². The summed E-state index contributed by atoms with van der Waals surface area (Å²) in [7, 11) is 6.07. The van der Waals surface area contributed by atoms with Crippen LogP contribution in [0.1, 0.15) is 13.8 Å². The van der Waals surface area contributed by atoms with Crippen LogP contribution < -0.4 is 0 Å². The van der Waals surface area contributed by atoms with Crippen molar-refractivity contribution in [2.75, 3.05) is 47.3 Å². The molecule has 0 aliphatic carbocycles. The van der Waals surface area contributed by atoms with E-state index >= 15 is 0 Å². The number of rotatable bonds is 3. The average Bonchev–Trinajstić information content (AvgIpc) is 2.17. The number of hydrogen-bond acceptors (Lipinski definition) is 3. The fourth-order valence-corrected chi connectivity index (χ4v) is 2.32. The molecule has 4 nitrogen and oxygen atoms in total. The van der Waals surface area contributed by atoms with Gasteiger partial charge in [-0.2, -0.15) is 0 Å². The molecule has 16 heavy (non-hydrogen) atoms. The highest BCUT2D eigenvalue weighted by Gasteiger charge is 2.30. The zero-order valence-corrected chi connectivity index (χ0v) is 11.2. The lowest BCUT2D eigenvalue weighted by Gasteiger charge is -2.37. The van der Waals surface area contributed by atoms with Gasteiger partial charge in [-0.25, -0.2) is 0 Å². The number of likely N-dealkylation sites (N-methyl/N-ethyl adjacent to an activating group) is 2. The van der Waals surface area contributed by atoms with Gasteiger partial charge in [0.2, 0.25) is 5.91 Å². The van der Waals surface area contributed by atoms with Gasteiger partial charge < -0.3 is 9.80 Å². The maximum absolute atomic E-state index is 12.4. The minimum atomic E-state index is 0.0170. The summed E-state index contributed by atoms with van der Waals surface area (Å²) in [6.07, 6.45) is 0. The second kappa shape index (κ2) is 5.64. The molecule has 0 aromatic carbocycles. The highest BCUT2D eigenvalue weighted by molar-refractivity contribution is 5.82. The summed E-state index contributed by atoms with van der Waals surface area (Å²) in [6.45, 7) is 7.93. The minimum Gasteiger partial charge on any atom is -0.339 e. The smallest absolute Gasteiger partial charge is 0.240 e. The van der Waals surface area contributed by atoms with Crippen molar-refractivity contribution in [3.8, 4) is 0 Å². The van der Waals surface area contributed by atoms with Crippen LogP contribution in [0.3, 0.4) is 0 Å². The van der Waals surface area contributed by atoms with Gasteiger partial charge in [0, 0.05) is 26.2 Å². The van der Waals surface area contributed by atoms with Gasteiger partial charge in [-0.1, -0.05) is 13.8 Å². The molecule has 1 amide bonds. The summed E-state index contributed by atoms with van der Waals surface area (Å²) in [5, 5.41) is 0. The zero-order chi connectivity index (χ0) is 12.3. The third kappa shape index (κ3) is 3.19. The molecule has 0 radical (unpaired) electrons. The first-order valence-corrected chi connectivity index (χ1v) is 6.07. The normalized spacial score (nSPS) is 20.6. The molecule has 0 aromatic rings. The molecule has 1 atom stereocenters. The molecule has 1 aliphatic heterocycles. The molecular weight excluding hydrogens is 202 g/mol. The van der Waals surface area contributed by atoms with Gasteiger partial charge in [0.25, 0.3) is 0 Å². The predicted molar refractivity (Wildman–Crippen MR) is 66.4 cm³/mol. The van der Waals surface area contributed by atoms with Crippen LogP contribution in [0.2, 0.25) is 0 Å². The van der Waals surface area contributed by atoms with E-state index < -0.39 is 0 Å². The van der Waals surface area contributed by atoms with Crippen LogP contribution in [0.4, 0.5) is 0 Å². The predicted octanol–water partition coefficient (Wildman–Crippen LogP) is 0.347. The van der Waals surface area contributed by atoms with Gasteiger partial charge in [0.05, 0.1) is 6.04 Å². The van der Waals surface area contributed by atoms with Crippen molar-refractivity contribution in [3.05, 3.63) is 0 Å². The lowest BCUT2D eigenvalue weighted by Crippen LogP contribution is -2.54. The molecule has 1 fully saturated rings. The summed E-state index contributed by atoms with van der Waals surface area (Å²) in [6, 6.07) is 0.0170. The first-order valence-electron chi connectivity index (χ1n) is 6.07. The largest absolute Gasteiger partial charge is 0.339 e. The third-order valence-electron chi connectivity index (χ3n) is 3.26. The maximum Gasteiger partial charge on any atom is 0.240 e. The third-order valence-corrected chi connectivity index (χ3v) is 3.26. The van der Waals surface area contributed by atoms with Gasteiger partial charge in [-0.3, -0.25) is 9.69 Å². The number of carbonyl (C=O) groups is 1. The Kier molecular flexibility index (Phi) is 4.74. The zero-order valence-electron chi connectivity index (χ0n) is 11.2. The van der Waals surface area contributed by atoms with Crippen molar-refractivity contribution in [1.29, 1.82) is 0 Å². The number of carbonyl (C=O) groups excluding carboxylic acids is 1. The second-order valence-corrected chi connectivity index (χ2v) is 5.28. The first kappa shape index (κ1) is 13.5. The lowest BCUT2D eigenvalue weighted by atomic mass is 10.0. The van der Waals surface area contributed by atoms with Crippen LogP contribution >= 0.6 is 0 Å². The molecule has 0 saturated carbocycles. The van der Waals surface area contributed by atoms with Crippen molar-refractivity contribution in [2.24, 2.45) is 5.92 Å². The lowest BCUT2D eigenvalue weighted by molar-refractivity contribution is -0.139. The fourth-order valence-electron chi connectivity index (χ4n) is 2.32. The number of nitrogens with zero attached hydrogens (tertiary/aromatic N) is 3. The van der Waals surface area contributed by atoms with Crippen molar-refractivity contribution in [1.82, 2.24) is 14.7 Å². The van der Waals surface area contributed by atoms with Gasteiger partial charge >= 0.3 is 0 Å². The van der Waals surface area contributed by atoms with Gasteiger partial charge in [-0.05, 0) is 27.1 Å². The Balaban J connectivity index is 2.61. The molecular formula is C12H25N3O. The topological polar surface area (TPSA) is 26.8 Å². The summed E-state index contributed by atoms with van der Waals surface area (Å²) in [4.78, 5) is 18.7. The standard InChI is InChI=1S/C12H25N3O/c1-10(2)11(13(3)4)12(16)15-8-6-14(5)7-9-15/h10-11H,6-9H2,1-5H3/t11-/m1/s1. The molecule has 0 spiro atoms. The summed E-state index contributed by atoms with van der Waals surface area (Å²) in [5.74, 6) is 0.648. The monoisotopic (exact) mass is 227 g/mol. The fraction of sp³-hybridized carbons (Fsp3) is 0.917. The Morgan fingerprint density at radius 2 is 1.62 bits per heavy atom. The van der Waals surface area contributed by atoms with E-state index in [2.05, 4.69) is 25.8 Å². The van der Waals surface area contributed by atoms with Crippen LogP contribution in [0, 0.1) is 5.92 Å². The molecule has 0 aromatic heterocycles. The van der Waals surface area contributed by atoms with E-state index in [4.69, 9.17) is 0 Å². The van der Waals surface area contributed by atoms with E-state index in [1.54, 1.807) is 0 Å². The van der Waals surface area contributed by atoms with Gasteiger partial charge in [0.1, 0.15) is 0 Å². The maximum atomic E-state index is 12.4. The molecule has 4 heteroatoms. The molecule has 1 rings (SSSR count). The van der Waals surface area contributed by atoms with E-state index in [0.717, 1.165) is 26.2 Å². The van der Waals surface area contributed by atoms with E-state index in [1.807, 2.05) is 23.9 Å². The summed E-state index contributed by atoms with van der Waals surface area (Å²) in [5.41, 5.74) is 0. The Morgan fingerprint density at radius 1 is 1.12 bits per heavy atom. The molecule has 1 saturated heterocycles. The van der Waals surface area contributed by atoms with Crippen molar-refractivity contribution >= 4 is 5.91 Å². The Labute approximate surface area is 99.2 Å². The van der Waals surface area contributed by atoms with E-state index in [0.29, 0.717) is 5.92 Å². The highest BCUT2D eigenvalue weighted by Crippen LogP contribution is 2.12. The second-order valence-electron chi connectivity index (χ2n) is 5.28. The molecule has 0 unspecified atom stereocenters. The Hall–Kier alpha value is -0.610. The molecule has 1 heterocycles. The van der Waals surface area contributed by atoms with Gasteiger partial charge in [0.15, 0.2) is 0 Å². The van der Waals surface area contributed by atoms with Crippen molar-refractivity contribution in [2.45, 2.75) is 19.9 Å². The minimum absolute atomic E-state index is 0.0170. The van der Waals surface area contributed by atoms with Gasteiger partial charge in [-0.15, -0.1) is 0 Å². The Morgan fingerprint density at radius 3 is 2.00 bits per heavy atom. The Bertz CT molecular complexity index is 224. The average molecular weight is 227 g/mol. The van der Waals surface area contributed by atoms with E-state index in [-0.39, 0.29) is 11.9 Å². The van der Waals surface area contributed by atoms with E-state index in [1.165, 1.54) is 0 Å². The quantitative estimate of drug-likeness (QED) is 0.696. The molecule has 94 valence electrons. The SMILES string of the molecule is CC(C)[C@H](C(=O)N1CCN(C)CC1)N(C)C. The van der Waals surface area contributed by atoms with Crippen LogP contribution in [0.25, 0.3) is 0 Å². The molecule has 1 aliphatic rings. The summed E-state index contributed by atoms with van der Waals surface area (Å²) < 4.78 is 0. The van der Waals surface area contributed by atoms with Crippen LogP contribution in [0.15, 0.2) is 0 Å².